The van der Waals surface area contributed by atoms with Crippen LogP contribution in [0.25, 0.3) is 0 Å². The summed E-state index contributed by atoms with van der Waals surface area (Å²) in [6.45, 7) is 1.78. The van der Waals surface area contributed by atoms with E-state index in [0.717, 1.165) is 11.3 Å². The molecule has 0 bridgehead atoms. The molecule has 8 heteroatoms. The number of para-hydroxylation sites is 1. The maximum absolute atomic E-state index is 12.2. The highest BCUT2D eigenvalue weighted by Crippen LogP contribution is 2.34. The van der Waals surface area contributed by atoms with Crippen LogP contribution < -0.4 is 10.1 Å². The van der Waals surface area contributed by atoms with Crippen molar-refractivity contribution < 1.29 is 28.6 Å². The Hall–Kier alpha value is -2.87. The molecule has 0 fully saturated rings. The lowest BCUT2D eigenvalue weighted by Gasteiger charge is -2.07. The second-order valence-electron chi connectivity index (χ2n) is 5.20. The summed E-state index contributed by atoms with van der Waals surface area (Å²) < 4.78 is 14.9. The molecule has 26 heavy (non-hydrogen) atoms. The number of amides is 1. The van der Waals surface area contributed by atoms with Gasteiger partial charge in [0.15, 0.2) is 0 Å². The number of benzene rings is 1. The summed E-state index contributed by atoms with van der Waals surface area (Å²) in [7, 11) is 2.48. The molecule has 1 aromatic carbocycles. The number of nitrogens with one attached hydrogen (secondary N) is 1. The van der Waals surface area contributed by atoms with E-state index in [1.54, 1.807) is 19.1 Å². The Morgan fingerprint density at radius 3 is 2.31 bits per heavy atom. The normalized spacial score (nSPS) is 10.1. The third kappa shape index (κ3) is 4.60. The van der Waals surface area contributed by atoms with E-state index in [9.17, 15) is 14.4 Å². The average Bonchev–Trinajstić information content (AvgIpc) is 2.97. The van der Waals surface area contributed by atoms with Crippen LogP contribution in [0.4, 0.5) is 5.00 Å². The predicted octanol–water partition coefficient (Wildman–Crippen LogP) is 3.04. The number of hydrogen-bond acceptors (Lipinski definition) is 7. The van der Waals surface area contributed by atoms with Crippen LogP contribution in [0.2, 0.25) is 0 Å². The van der Waals surface area contributed by atoms with Gasteiger partial charge in [-0.2, -0.15) is 0 Å². The van der Waals surface area contributed by atoms with Crippen LogP contribution in [-0.2, 0) is 14.3 Å². The zero-order valence-corrected chi connectivity index (χ0v) is 15.5. The lowest BCUT2D eigenvalue weighted by atomic mass is 10.1. The van der Waals surface area contributed by atoms with Gasteiger partial charge in [-0.25, -0.2) is 9.59 Å². The van der Waals surface area contributed by atoms with Crippen molar-refractivity contribution in [3.05, 3.63) is 46.3 Å². The molecular weight excluding hydrogens is 358 g/mol. The minimum absolute atomic E-state index is 0.0833. The molecular formula is C18H19NO6S. The molecule has 7 nitrogen and oxygen atoms in total. The SMILES string of the molecule is COC(=O)c1sc(NC(=O)CCOc2ccccc2)c(C(=O)OC)c1C. The van der Waals surface area contributed by atoms with Crippen molar-refractivity contribution >= 4 is 34.2 Å². The molecule has 2 aromatic rings. The Morgan fingerprint density at radius 1 is 1.04 bits per heavy atom. The fourth-order valence-electron chi connectivity index (χ4n) is 2.20. The first-order chi connectivity index (χ1) is 12.5. The monoisotopic (exact) mass is 377 g/mol. The van der Waals surface area contributed by atoms with E-state index < -0.39 is 11.9 Å². The minimum Gasteiger partial charge on any atom is -0.493 e. The van der Waals surface area contributed by atoms with Crippen molar-refractivity contribution in [2.75, 3.05) is 26.1 Å². The van der Waals surface area contributed by atoms with Crippen molar-refractivity contribution in [1.29, 1.82) is 0 Å². The zero-order chi connectivity index (χ0) is 19.1. The molecule has 0 atom stereocenters. The van der Waals surface area contributed by atoms with E-state index in [1.807, 2.05) is 18.2 Å². The summed E-state index contributed by atoms with van der Waals surface area (Å²) >= 11 is 0.973. The van der Waals surface area contributed by atoms with Crippen LogP contribution in [0.1, 0.15) is 32.0 Å². The molecule has 0 spiro atoms. The second kappa shape index (κ2) is 9.00. The topological polar surface area (TPSA) is 90.9 Å². The van der Waals surface area contributed by atoms with Gasteiger partial charge in [-0.05, 0) is 24.6 Å². The van der Waals surface area contributed by atoms with Crippen LogP contribution in [0.3, 0.4) is 0 Å². The van der Waals surface area contributed by atoms with Crippen molar-refractivity contribution in [2.24, 2.45) is 0 Å². The molecule has 1 N–H and O–H groups in total. The number of thiophene rings is 1. The number of carbonyl (C=O) groups is 3. The Balaban J connectivity index is 2.08. The third-order valence-electron chi connectivity index (χ3n) is 3.50. The summed E-state index contributed by atoms with van der Waals surface area (Å²) in [5, 5.41) is 2.89. The third-order valence-corrected chi connectivity index (χ3v) is 4.69. The molecule has 0 saturated heterocycles. The molecule has 1 heterocycles. The van der Waals surface area contributed by atoms with Crippen LogP contribution in [0, 0.1) is 6.92 Å². The highest BCUT2D eigenvalue weighted by molar-refractivity contribution is 7.18. The number of esters is 2. The predicted molar refractivity (Wildman–Crippen MR) is 96.9 cm³/mol. The Kier molecular flexibility index (Phi) is 6.74. The second-order valence-corrected chi connectivity index (χ2v) is 6.22. The Morgan fingerprint density at radius 2 is 1.69 bits per heavy atom. The molecule has 0 aliphatic heterocycles. The van der Waals surface area contributed by atoms with Crippen LogP contribution in [0.15, 0.2) is 30.3 Å². The first kappa shape index (κ1) is 19.5. The summed E-state index contributed by atoms with van der Waals surface area (Å²) in [6, 6.07) is 9.12. The van der Waals surface area contributed by atoms with Crippen LogP contribution >= 0.6 is 11.3 Å². The van der Waals surface area contributed by atoms with Gasteiger partial charge >= 0.3 is 11.9 Å². The van der Waals surface area contributed by atoms with Gasteiger partial charge in [-0.1, -0.05) is 18.2 Å². The van der Waals surface area contributed by atoms with Crippen molar-refractivity contribution in [2.45, 2.75) is 13.3 Å². The fraction of sp³-hybridized carbons (Fsp3) is 0.278. The van der Waals surface area contributed by atoms with Crippen LogP contribution in [0.5, 0.6) is 5.75 Å². The average molecular weight is 377 g/mol. The first-order valence-corrected chi connectivity index (χ1v) is 8.57. The van der Waals surface area contributed by atoms with Gasteiger partial charge in [0.2, 0.25) is 5.91 Å². The van der Waals surface area contributed by atoms with Gasteiger partial charge in [0, 0.05) is 0 Å². The molecule has 0 radical (unpaired) electrons. The standard InChI is InChI=1S/C18H19NO6S/c1-11-14(17(21)23-2)16(26-15(11)18(22)24-3)19-13(20)9-10-25-12-7-5-4-6-8-12/h4-8H,9-10H2,1-3H3,(H,19,20). The minimum atomic E-state index is -0.635. The number of ether oxygens (including phenoxy) is 3. The number of anilines is 1. The summed E-state index contributed by atoms with van der Waals surface area (Å²) in [6.07, 6.45) is 0.0833. The van der Waals surface area contributed by atoms with Crippen molar-refractivity contribution in [3.8, 4) is 5.75 Å². The Labute approximate surface area is 154 Å². The molecule has 1 aromatic heterocycles. The number of rotatable bonds is 7. The van der Waals surface area contributed by atoms with Crippen molar-refractivity contribution in [1.82, 2.24) is 0 Å². The van der Waals surface area contributed by atoms with Gasteiger partial charge < -0.3 is 19.5 Å². The van der Waals surface area contributed by atoms with E-state index in [-0.39, 0.29) is 34.4 Å². The van der Waals surface area contributed by atoms with Gasteiger partial charge in [-0.3, -0.25) is 4.79 Å². The quantitative estimate of drug-likeness (QED) is 0.746. The number of methoxy groups -OCH3 is 2. The molecule has 2 rings (SSSR count). The molecule has 0 aliphatic carbocycles. The number of carbonyl (C=O) groups excluding carboxylic acids is 3. The Bertz CT molecular complexity index is 800. The van der Waals surface area contributed by atoms with Gasteiger partial charge in [0.25, 0.3) is 0 Å². The summed E-state index contributed by atoms with van der Waals surface area (Å²) in [5.74, 6) is -0.894. The molecule has 0 aliphatic rings. The lowest BCUT2D eigenvalue weighted by Crippen LogP contribution is -2.16. The van der Waals surface area contributed by atoms with E-state index in [2.05, 4.69) is 5.32 Å². The van der Waals surface area contributed by atoms with E-state index in [4.69, 9.17) is 14.2 Å². The molecule has 0 saturated carbocycles. The molecule has 0 unspecified atom stereocenters. The summed E-state index contributed by atoms with van der Waals surface area (Å²) in [5.41, 5.74) is 0.555. The lowest BCUT2D eigenvalue weighted by molar-refractivity contribution is -0.116. The first-order valence-electron chi connectivity index (χ1n) is 7.75. The smallest absolute Gasteiger partial charge is 0.348 e. The van der Waals surface area contributed by atoms with Gasteiger partial charge in [-0.15, -0.1) is 11.3 Å². The molecule has 138 valence electrons. The van der Waals surface area contributed by atoms with Gasteiger partial charge in [0.1, 0.15) is 15.6 Å². The van der Waals surface area contributed by atoms with E-state index >= 15 is 0 Å². The van der Waals surface area contributed by atoms with E-state index in [1.165, 1.54) is 14.2 Å². The largest absolute Gasteiger partial charge is 0.493 e. The van der Waals surface area contributed by atoms with Crippen molar-refractivity contribution in [3.63, 3.8) is 0 Å². The van der Waals surface area contributed by atoms with E-state index in [0.29, 0.717) is 11.3 Å². The van der Waals surface area contributed by atoms with Gasteiger partial charge in [0.05, 0.1) is 32.8 Å². The highest BCUT2D eigenvalue weighted by Gasteiger charge is 2.26. The maximum Gasteiger partial charge on any atom is 0.348 e. The number of hydrogen-bond donors (Lipinski definition) is 1. The summed E-state index contributed by atoms with van der Waals surface area (Å²) in [4.78, 5) is 36.3. The fourth-order valence-corrected chi connectivity index (χ4v) is 3.33. The molecule has 1 amide bonds. The highest BCUT2D eigenvalue weighted by atomic mass is 32.1. The van der Waals surface area contributed by atoms with Crippen LogP contribution in [-0.4, -0.2) is 38.7 Å². The maximum atomic E-state index is 12.2. The zero-order valence-electron chi connectivity index (χ0n) is 14.7.